The van der Waals surface area contributed by atoms with Gasteiger partial charge in [-0.3, -0.25) is 9.69 Å². The van der Waals surface area contributed by atoms with Gasteiger partial charge in [0.1, 0.15) is 5.75 Å². The molecule has 154 valence electrons. The number of nitrogens with one attached hydrogen (secondary N) is 1. The molecule has 0 bridgehead atoms. The smallest absolute Gasteiger partial charge is 0.221 e. The third kappa shape index (κ3) is 3.13. The third-order valence-corrected chi connectivity index (χ3v) is 7.53. The molecule has 4 atom stereocenters. The van der Waals surface area contributed by atoms with Crippen LogP contribution in [-0.2, 0) is 10.2 Å². The van der Waals surface area contributed by atoms with Gasteiger partial charge < -0.3 is 15.2 Å². The van der Waals surface area contributed by atoms with Crippen LogP contribution in [0.1, 0.15) is 57.1 Å². The van der Waals surface area contributed by atoms with Crippen molar-refractivity contribution in [2.45, 2.75) is 76.0 Å². The topological polar surface area (TPSA) is 61.8 Å². The van der Waals surface area contributed by atoms with Gasteiger partial charge in [-0.2, -0.15) is 0 Å². The summed E-state index contributed by atoms with van der Waals surface area (Å²) in [5, 5.41) is 15.5. The first-order valence-electron chi connectivity index (χ1n) is 10.7. The number of carbonyl (C=O) groups excluding carboxylic acids is 1. The summed E-state index contributed by atoms with van der Waals surface area (Å²) in [5.41, 5.74) is 0.608. The van der Waals surface area contributed by atoms with Crippen LogP contribution in [0.3, 0.4) is 0 Å². The first kappa shape index (κ1) is 19.7. The predicted molar refractivity (Wildman–Crippen MR) is 110 cm³/mol. The Kier molecular flexibility index (Phi) is 4.95. The van der Waals surface area contributed by atoms with Crippen LogP contribution in [0, 0.1) is 12.8 Å². The predicted octanol–water partition coefficient (Wildman–Crippen LogP) is 2.78. The normalized spacial score (nSPS) is 36.4. The van der Waals surface area contributed by atoms with Crippen LogP contribution >= 0.6 is 0 Å². The van der Waals surface area contributed by atoms with Gasteiger partial charge in [-0.25, -0.2) is 0 Å². The molecule has 1 saturated carbocycles. The fourth-order valence-electron chi connectivity index (χ4n) is 5.76. The molecule has 2 heterocycles. The maximum absolute atomic E-state index is 12.8. The average molecular weight is 387 g/mol. The highest BCUT2D eigenvalue weighted by Gasteiger charge is 2.61. The van der Waals surface area contributed by atoms with E-state index in [2.05, 4.69) is 30.1 Å². The van der Waals surface area contributed by atoms with Crippen molar-refractivity contribution in [2.75, 3.05) is 20.2 Å². The Morgan fingerprint density at radius 3 is 2.75 bits per heavy atom. The molecule has 1 amide bonds. The van der Waals surface area contributed by atoms with Gasteiger partial charge in [0.25, 0.3) is 0 Å². The van der Waals surface area contributed by atoms with Gasteiger partial charge in [0.2, 0.25) is 5.91 Å². The van der Waals surface area contributed by atoms with Gasteiger partial charge in [-0.1, -0.05) is 6.07 Å². The maximum Gasteiger partial charge on any atom is 0.221 e. The van der Waals surface area contributed by atoms with E-state index < -0.39 is 11.0 Å². The van der Waals surface area contributed by atoms with E-state index in [9.17, 15) is 9.90 Å². The molecule has 3 fully saturated rings. The number of nitrogens with zero attached hydrogens (tertiary/aromatic N) is 1. The lowest BCUT2D eigenvalue weighted by Gasteiger charge is -2.57. The van der Waals surface area contributed by atoms with Crippen molar-refractivity contribution in [1.29, 1.82) is 0 Å². The van der Waals surface area contributed by atoms with Crippen molar-refractivity contribution >= 4 is 5.91 Å². The molecule has 2 aliphatic heterocycles. The molecule has 4 unspecified atom stereocenters. The van der Waals surface area contributed by atoms with Crippen molar-refractivity contribution in [1.82, 2.24) is 10.2 Å². The van der Waals surface area contributed by atoms with Gasteiger partial charge in [0.15, 0.2) is 0 Å². The van der Waals surface area contributed by atoms with Crippen molar-refractivity contribution in [3.63, 3.8) is 0 Å². The maximum atomic E-state index is 12.8. The van der Waals surface area contributed by atoms with Gasteiger partial charge in [-0.15, -0.1) is 0 Å². The van der Waals surface area contributed by atoms with Crippen LogP contribution in [-0.4, -0.2) is 53.8 Å². The molecular formula is C23H34N2O3. The minimum atomic E-state index is -0.976. The number of likely N-dealkylation sites (tertiary alicyclic amines) is 1. The number of rotatable bonds is 4. The molecule has 1 aromatic rings. The molecule has 2 N–H and O–H groups in total. The Morgan fingerprint density at radius 2 is 2.07 bits per heavy atom. The molecule has 28 heavy (non-hydrogen) atoms. The number of benzene rings is 1. The summed E-state index contributed by atoms with van der Waals surface area (Å²) < 4.78 is 5.51. The Hall–Kier alpha value is -1.59. The molecule has 5 heteroatoms. The Bertz CT molecular complexity index is 762. The zero-order valence-corrected chi connectivity index (χ0v) is 17.6. The molecule has 0 spiro atoms. The van der Waals surface area contributed by atoms with Crippen LogP contribution in [0.2, 0.25) is 0 Å². The summed E-state index contributed by atoms with van der Waals surface area (Å²) in [6.45, 7) is 8.23. The zero-order chi connectivity index (χ0) is 20.1. The molecule has 4 rings (SSSR count). The second-order valence-electron chi connectivity index (χ2n) is 9.40. The fourth-order valence-corrected chi connectivity index (χ4v) is 5.76. The molecule has 3 aliphatic rings. The Balaban J connectivity index is 1.84. The number of amides is 1. The number of aliphatic hydroxyl groups is 1. The van der Waals surface area contributed by atoms with Crippen LogP contribution < -0.4 is 10.1 Å². The summed E-state index contributed by atoms with van der Waals surface area (Å²) in [7, 11) is 1.67. The average Bonchev–Trinajstić information content (AvgIpc) is 3.46. The summed E-state index contributed by atoms with van der Waals surface area (Å²) in [4.78, 5) is 15.3. The standard InChI is InChI=1S/C23H34N2O3/c1-15-5-8-19(28-4)11-20(15)22-9-10-25(14-18-6-7-18)17(3)23(22,27)12-16(2)24-21(26)13-22/h5,8,11,16-18,27H,6-7,9-10,12-14H2,1-4H3,(H,24,26). The zero-order valence-electron chi connectivity index (χ0n) is 17.6. The van der Waals surface area contributed by atoms with E-state index in [1.807, 2.05) is 19.1 Å². The number of carbonyl (C=O) groups is 1. The molecule has 1 aliphatic carbocycles. The Labute approximate surface area is 168 Å². The minimum Gasteiger partial charge on any atom is -0.497 e. The summed E-state index contributed by atoms with van der Waals surface area (Å²) in [6.07, 6.45) is 4.28. The van der Waals surface area contributed by atoms with E-state index in [1.54, 1.807) is 7.11 Å². The molecular weight excluding hydrogens is 352 g/mol. The van der Waals surface area contributed by atoms with Gasteiger partial charge in [0.05, 0.1) is 12.7 Å². The summed E-state index contributed by atoms with van der Waals surface area (Å²) in [6, 6.07) is 6.01. The second-order valence-corrected chi connectivity index (χ2v) is 9.40. The summed E-state index contributed by atoms with van der Waals surface area (Å²) in [5.74, 6) is 1.59. The number of fused-ring (bicyclic) bond motifs is 1. The number of ether oxygens (including phenoxy) is 1. The number of hydrogen-bond donors (Lipinski definition) is 2. The SMILES string of the molecule is COc1ccc(C)c(C23CCN(CC4CC4)C(C)C2(O)CC(C)NC(=O)C3)c1. The molecule has 2 saturated heterocycles. The van der Waals surface area contributed by atoms with Crippen molar-refractivity contribution in [3.8, 4) is 5.75 Å². The van der Waals surface area contributed by atoms with Crippen LogP contribution in [0.5, 0.6) is 5.75 Å². The molecule has 5 nitrogen and oxygen atoms in total. The first-order chi connectivity index (χ1) is 13.3. The summed E-state index contributed by atoms with van der Waals surface area (Å²) >= 11 is 0. The van der Waals surface area contributed by atoms with E-state index in [0.29, 0.717) is 12.8 Å². The number of hydrogen-bond acceptors (Lipinski definition) is 4. The lowest BCUT2D eigenvalue weighted by molar-refractivity contribution is -0.145. The third-order valence-electron chi connectivity index (χ3n) is 7.53. The van der Waals surface area contributed by atoms with Crippen LogP contribution in [0.15, 0.2) is 18.2 Å². The monoisotopic (exact) mass is 386 g/mol. The van der Waals surface area contributed by atoms with Gasteiger partial charge in [0, 0.05) is 30.5 Å². The van der Waals surface area contributed by atoms with Crippen LogP contribution in [0.25, 0.3) is 0 Å². The van der Waals surface area contributed by atoms with Crippen molar-refractivity contribution in [2.24, 2.45) is 5.92 Å². The largest absolute Gasteiger partial charge is 0.497 e. The van der Waals surface area contributed by atoms with E-state index in [4.69, 9.17) is 4.74 Å². The van der Waals surface area contributed by atoms with Crippen molar-refractivity contribution in [3.05, 3.63) is 29.3 Å². The lowest BCUT2D eigenvalue weighted by Crippen LogP contribution is -2.68. The number of aryl methyl sites for hydroxylation is 1. The second kappa shape index (κ2) is 7.03. The van der Waals surface area contributed by atoms with E-state index in [-0.39, 0.29) is 18.0 Å². The van der Waals surface area contributed by atoms with E-state index in [0.717, 1.165) is 42.3 Å². The van der Waals surface area contributed by atoms with Crippen LogP contribution in [0.4, 0.5) is 0 Å². The van der Waals surface area contributed by atoms with Gasteiger partial charge >= 0.3 is 0 Å². The fraction of sp³-hybridized carbons (Fsp3) is 0.696. The number of methoxy groups -OCH3 is 1. The van der Waals surface area contributed by atoms with Crippen molar-refractivity contribution < 1.29 is 14.6 Å². The molecule has 1 aromatic carbocycles. The highest BCUT2D eigenvalue weighted by atomic mass is 16.5. The molecule has 0 radical (unpaired) electrons. The Morgan fingerprint density at radius 1 is 1.32 bits per heavy atom. The number of piperidine rings is 1. The lowest BCUT2D eigenvalue weighted by atomic mass is 9.56. The van der Waals surface area contributed by atoms with E-state index >= 15 is 0 Å². The highest BCUT2D eigenvalue weighted by molar-refractivity contribution is 5.79. The first-order valence-corrected chi connectivity index (χ1v) is 10.7. The molecule has 0 aromatic heterocycles. The van der Waals surface area contributed by atoms with Gasteiger partial charge in [-0.05, 0) is 82.2 Å². The highest BCUT2D eigenvalue weighted by Crippen LogP contribution is 2.53. The van der Waals surface area contributed by atoms with E-state index in [1.165, 1.54) is 12.8 Å². The quantitative estimate of drug-likeness (QED) is 0.835. The minimum absolute atomic E-state index is 0.00241.